The number of aromatic hydroxyl groups is 1. The summed E-state index contributed by atoms with van der Waals surface area (Å²) < 4.78 is 5.02. The van der Waals surface area contributed by atoms with Gasteiger partial charge in [-0.25, -0.2) is 0 Å². The quantitative estimate of drug-likeness (QED) is 0.887. The molecule has 2 N–H and O–H groups in total. The zero-order valence-electron chi connectivity index (χ0n) is 12.9. The Bertz CT molecular complexity index is 504. The van der Waals surface area contributed by atoms with E-state index in [4.69, 9.17) is 4.74 Å². The van der Waals surface area contributed by atoms with Crippen LogP contribution in [0.25, 0.3) is 0 Å². The Morgan fingerprint density at radius 1 is 1.52 bits per heavy atom. The fraction of sp³-hybridized carbons (Fsp3) is 0.562. The second-order valence-corrected chi connectivity index (χ2v) is 5.78. The maximum atomic E-state index is 12.5. The molecule has 1 aromatic rings. The van der Waals surface area contributed by atoms with Crippen LogP contribution in [0.1, 0.15) is 25.3 Å². The Labute approximate surface area is 125 Å². The number of carbonyl (C=O) groups excluding carboxylic acids is 1. The van der Waals surface area contributed by atoms with Crippen LogP contribution in [0.4, 0.5) is 0 Å². The maximum absolute atomic E-state index is 12.5. The van der Waals surface area contributed by atoms with Crippen LogP contribution in [-0.4, -0.2) is 42.7 Å². The first-order valence-electron chi connectivity index (χ1n) is 7.35. The van der Waals surface area contributed by atoms with Gasteiger partial charge in [0.25, 0.3) is 0 Å². The monoisotopic (exact) mass is 292 g/mol. The molecule has 0 aliphatic carbocycles. The number of amides is 1. The summed E-state index contributed by atoms with van der Waals surface area (Å²) in [4.78, 5) is 14.2. The molecule has 1 heterocycles. The predicted octanol–water partition coefficient (Wildman–Crippen LogP) is 1.75. The van der Waals surface area contributed by atoms with Gasteiger partial charge in [-0.05, 0) is 44.0 Å². The van der Waals surface area contributed by atoms with E-state index in [2.05, 4.69) is 12.2 Å². The van der Waals surface area contributed by atoms with Crippen molar-refractivity contribution >= 4 is 5.91 Å². The van der Waals surface area contributed by atoms with Gasteiger partial charge in [0.15, 0.2) is 11.5 Å². The molecule has 0 unspecified atom stereocenters. The van der Waals surface area contributed by atoms with Crippen molar-refractivity contribution in [1.29, 1.82) is 0 Å². The third-order valence-electron chi connectivity index (χ3n) is 4.01. The number of phenols is 1. The fourth-order valence-corrected chi connectivity index (χ4v) is 2.85. The van der Waals surface area contributed by atoms with E-state index >= 15 is 0 Å². The van der Waals surface area contributed by atoms with Crippen molar-refractivity contribution in [2.75, 3.05) is 20.7 Å². The van der Waals surface area contributed by atoms with Gasteiger partial charge in [0.05, 0.1) is 7.11 Å². The Hall–Kier alpha value is -1.75. The first kappa shape index (κ1) is 15.6. The number of methoxy groups -OCH3 is 1. The van der Waals surface area contributed by atoms with Gasteiger partial charge in [0.1, 0.15) is 0 Å². The summed E-state index contributed by atoms with van der Waals surface area (Å²) in [5, 5.41) is 13.1. The molecule has 1 aromatic carbocycles. The average molecular weight is 292 g/mol. The van der Waals surface area contributed by atoms with Crippen molar-refractivity contribution in [3.8, 4) is 11.5 Å². The zero-order valence-corrected chi connectivity index (χ0v) is 12.9. The van der Waals surface area contributed by atoms with E-state index < -0.39 is 0 Å². The number of ether oxygens (including phenoxy) is 1. The molecule has 5 nitrogen and oxygen atoms in total. The highest BCUT2D eigenvalue weighted by Crippen LogP contribution is 2.27. The van der Waals surface area contributed by atoms with Crippen LogP contribution in [0.3, 0.4) is 0 Å². The zero-order chi connectivity index (χ0) is 15.4. The predicted molar refractivity (Wildman–Crippen MR) is 81.3 cm³/mol. The Morgan fingerprint density at radius 2 is 2.29 bits per heavy atom. The summed E-state index contributed by atoms with van der Waals surface area (Å²) in [6.07, 6.45) is 1.78. The van der Waals surface area contributed by atoms with Gasteiger partial charge >= 0.3 is 0 Å². The van der Waals surface area contributed by atoms with E-state index in [0.29, 0.717) is 18.3 Å². The van der Waals surface area contributed by atoms with Crippen molar-refractivity contribution < 1.29 is 14.6 Å². The Balaban J connectivity index is 1.98. The van der Waals surface area contributed by atoms with E-state index in [9.17, 15) is 9.90 Å². The first-order valence-corrected chi connectivity index (χ1v) is 7.35. The fourth-order valence-electron chi connectivity index (χ4n) is 2.85. The Morgan fingerprint density at radius 3 is 2.90 bits per heavy atom. The molecule has 116 valence electrons. The van der Waals surface area contributed by atoms with Crippen molar-refractivity contribution in [2.45, 2.75) is 32.4 Å². The molecule has 21 heavy (non-hydrogen) atoms. The highest BCUT2D eigenvalue weighted by atomic mass is 16.5. The second kappa shape index (κ2) is 6.80. The lowest BCUT2D eigenvalue weighted by Gasteiger charge is -2.30. The smallest absolute Gasteiger partial charge is 0.225 e. The standard InChI is InChI=1S/C16H24N2O3/c1-11-8-13(6-7-17-11)16(20)18(2)10-12-4-5-15(21-3)14(19)9-12/h4-5,9,11,13,17,19H,6-8,10H2,1-3H3/t11-,13-/m0/s1. The lowest BCUT2D eigenvalue weighted by atomic mass is 9.92. The summed E-state index contributed by atoms with van der Waals surface area (Å²) in [6, 6.07) is 5.63. The molecule has 0 spiro atoms. The number of piperidine rings is 1. The second-order valence-electron chi connectivity index (χ2n) is 5.78. The molecule has 1 aliphatic rings. The first-order chi connectivity index (χ1) is 10.0. The molecule has 0 aromatic heterocycles. The van der Waals surface area contributed by atoms with Crippen LogP contribution in [0, 0.1) is 5.92 Å². The minimum atomic E-state index is 0.0955. The van der Waals surface area contributed by atoms with Gasteiger partial charge in [0.2, 0.25) is 5.91 Å². The van der Waals surface area contributed by atoms with E-state index in [1.807, 2.05) is 13.1 Å². The lowest BCUT2D eigenvalue weighted by Crippen LogP contribution is -2.42. The van der Waals surface area contributed by atoms with E-state index in [0.717, 1.165) is 24.9 Å². The number of phenolic OH excluding ortho intramolecular Hbond substituents is 1. The topological polar surface area (TPSA) is 61.8 Å². The molecule has 0 radical (unpaired) electrons. The maximum Gasteiger partial charge on any atom is 0.225 e. The average Bonchev–Trinajstić information content (AvgIpc) is 2.46. The molecule has 1 fully saturated rings. The van der Waals surface area contributed by atoms with Crippen molar-refractivity contribution in [3.63, 3.8) is 0 Å². The van der Waals surface area contributed by atoms with Crippen LogP contribution >= 0.6 is 0 Å². The highest BCUT2D eigenvalue weighted by Gasteiger charge is 2.27. The minimum absolute atomic E-state index is 0.0955. The van der Waals surface area contributed by atoms with Gasteiger partial charge in [-0.3, -0.25) is 4.79 Å². The van der Waals surface area contributed by atoms with Crippen molar-refractivity contribution in [1.82, 2.24) is 10.2 Å². The van der Waals surface area contributed by atoms with E-state index in [-0.39, 0.29) is 17.6 Å². The van der Waals surface area contributed by atoms with Crippen molar-refractivity contribution in [2.24, 2.45) is 5.92 Å². The number of benzene rings is 1. The third-order valence-corrected chi connectivity index (χ3v) is 4.01. The number of hydrogen-bond donors (Lipinski definition) is 2. The van der Waals surface area contributed by atoms with Crippen LogP contribution in [0.15, 0.2) is 18.2 Å². The van der Waals surface area contributed by atoms with Crippen LogP contribution < -0.4 is 10.1 Å². The molecular formula is C16H24N2O3. The minimum Gasteiger partial charge on any atom is -0.504 e. The van der Waals surface area contributed by atoms with E-state index in [1.54, 1.807) is 17.0 Å². The molecular weight excluding hydrogens is 268 g/mol. The molecule has 2 rings (SSSR count). The summed E-state index contributed by atoms with van der Waals surface area (Å²) >= 11 is 0. The lowest BCUT2D eigenvalue weighted by molar-refractivity contribution is -0.135. The summed E-state index contributed by atoms with van der Waals surface area (Å²) in [6.45, 7) is 3.50. The van der Waals surface area contributed by atoms with Gasteiger partial charge in [-0.1, -0.05) is 6.07 Å². The van der Waals surface area contributed by atoms with Crippen LogP contribution in [-0.2, 0) is 11.3 Å². The largest absolute Gasteiger partial charge is 0.504 e. The molecule has 0 bridgehead atoms. The van der Waals surface area contributed by atoms with Crippen molar-refractivity contribution in [3.05, 3.63) is 23.8 Å². The number of carbonyl (C=O) groups is 1. The summed E-state index contributed by atoms with van der Waals surface area (Å²) in [5.74, 6) is 0.822. The normalized spacial score (nSPS) is 21.9. The molecule has 2 atom stereocenters. The van der Waals surface area contributed by atoms with Gasteiger partial charge in [-0.2, -0.15) is 0 Å². The highest BCUT2D eigenvalue weighted by molar-refractivity contribution is 5.78. The number of nitrogens with zero attached hydrogens (tertiary/aromatic N) is 1. The summed E-state index contributed by atoms with van der Waals surface area (Å²) in [7, 11) is 3.33. The van der Waals surface area contributed by atoms with E-state index in [1.165, 1.54) is 7.11 Å². The van der Waals surface area contributed by atoms with Crippen LogP contribution in [0.2, 0.25) is 0 Å². The van der Waals surface area contributed by atoms with Crippen LogP contribution in [0.5, 0.6) is 11.5 Å². The molecule has 1 aliphatic heterocycles. The van der Waals surface area contributed by atoms with Gasteiger partial charge in [-0.15, -0.1) is 0 Å². The molecule has 0 saturated carbocycles. The number of hydrogen-bond acceptors (Lipinski definition) is 4. The SMILES string of the molecule is COc1ccc(CN(C)C(=O)[C@H]2CCN[C@@H](C)C2)cc1O. The molecule has 1 amide bonds. The van der Waals surface area contributed by atoms with Gasteiger partial charge < -0.3 is 20.1 Å². The number of nitrogens with one attached hydrogen (secondary N) is 1. The van der Waals surface area contributed by atoms with Gasteiger partial charge in [0, 0.05) is 25.6 Å². The molecule has 5 heteroatoms. The number of rotatable bonds is 4. The summed E-state index contributed by atoms with van der Waals surface area (Å²) in [5.41, 5.74) is 0.895. The Kier molecular flexibility index (Phi) is 5.07. The molecule has 1 saturated heterocycles. The third kappa shape index (κ3) is 3.88.